The molecule has 12 heteroatoms. The number of benzene rings is 3. The highest BCUT2D eigenvalue weighted by Crippen LogP contribution is 2.58. The molecule has 12 nitrogen and oxygen atoms in total. The van der Waals surface area contributed by atoms with E-state index in [2.05, 4.69) is 0 Å². The largest absolute Gasteiger partial charge is 0.431 e. The summed E-state index contributed by atoms with van der Waals surface area (Å²) in [6, 6.07) is 17.0. The van der Waals surface area contributed by atoms with Gasteiger partial charge in [0.15, 0.2) is 0 Å². The first-order chi connectivity index (χ1) is 25.1. The van der Waals surface area contributed by atoms with Crippen molar-refractivity contribution in [1.29, 1.82) is 0 Å². The Morgan fingerprint density at radius 3 is 1.62 bits per heavy atom. The molecule has 53 heavy (non-hydrogen) atoms. The van der Waals surface area contributed by atoms with Gasteiger partial charge in [0.25, 0.3) is 0 Å². The molecule has 0 heterocycles. The summed E-state index contributed by atoms with van der Waals surface area (Å²) in [5.74, 6) is -3.70. The second-order valence-corrected chi connectivity index (χ2v) is 12.6. The zero-order valence-electron chi connectivity index (χ0n) is 30.3. The Bertz CT molecular complexity index is 2080. The van der Waals surface area contributed by atoms with Gasteiger partial charge in [-0.1, -0.05) is 31.2 Å². The summed E-state index contributed by atoms with van der Waals surface area (Å²) >= 11 is 0. The molecule has 2 aliphatic rings. The predicted octanol–water partition coefficient (Wildman–Crippen LogP) is 6.80. The maximum absolute atomic E-state index is 12.6. The molecule has 3 aromatic carbocycles. The molecule has 3 atom stereocenters. The maximum Gasteiger partial charge on any atom is 0.308 e. The van der Waals surface area contributed by atoms with Gasteiger partial charge >= 0.3 is 35.8 Å². The van der Waals surface area contributed by atoms with Crippen molar-refractivity contribution >= 4 is 47.0 Å². The number of hydrogen-bond acceptors (Lipinski definition) is 12. The van der Waals surface area contributed by atoms with Crippen LogP contribution < -0.4 is 18.9 Å². The first-order valence-corrected chi connectivity index (χ1v) is 16.7. The van der Waals surface area contributed by atoms with Gasteiger partial charge in [-0.15, -0.1) is 0 Å². The fourth-order valence-electron chi connectivity index (χ4n) is 6.70. The van der Waals surface area contributed by atoms with Crippen LogP contribution in [0, 0.1) is 11.8 Å². The first-order valence-electron chi connectivity index (χ1n) is 16.7. The second kappa shape index (κ2) is 15.9. The van der Waals surface area contributed by atoms with Crippen molar-refractivity contribution in [1.82, 2.24) is 0 Å². The summed E-state index contributed by atoms with van der Waals surface area (Å²) in [7, 11) is 0. The van der Waals surface area contributed by atoms with E-state index in [9.17, 15) is 28.8 Å². The van der Waals surface area contributed by atoms with E-state index in [4.69, 9.17) is 28.4 Å². The molecule has 0 amide bonds. The molecule has 5 rings (SSSR count). The summed E-state index contributed by atoms with van der Waals surface area (Å²) in [6.45, 7) is 9.52. The third kappa shape index (κ3) is 9.14. The molecular formula is C41H38O12. The first kappa shape index (κ1) is 37.9. The van der Waals surface area contributed by atoms with Crippen LogP contribution in [0.25, 0.3) is 11.1 Å². The van der Waals surface area contributed by atoms with Crippen LogP contribution in [0.1, 0.15) is 76.6 Å². The lowest BCUT2D eigenvalue weighted by Gasteiger charge is -2.34. The number of rotatable bonds is 10. The SMILES string of the molecule is CC(=O)OC1=CC([C@@H]2C(c3ccc(OC(C)=O)cc3)=C(Cc3ccc(OC(C)=O)cc3)c3cc(OC(C)=O)cc(OC(C)=O)c32)C(C)C(OC(C)=O)=C1. The minimum Gasteiger partial charge on any atom is -0.431 e. The van der Waals surface area contributed by atoms with E-state index in [-0.39, 0.29) is 23.0 Å². The molecule has 2 unspecified atom stereocenters. The van der Waals surface area contributed by atoms with Gasteiger partial charge in [-0.3, -0.25) is 28.8 Å². The number of hydrogen-bond donors (Lipinski definition) is 0. The van der Waals surface area contributed by atoms with Gasteiger partial charge in [-0.05, 0) is 70.7 Å². The summed E-state index contributed by atoms with van der Waals surface area (Å²) in [4.78, 5) is 72.7. The zero-order chi connectivity index (χ0) is 38.6. The molecule has 0 N–H and O–H groups in total. The smallest absolute Gasteiger partial charge is 0.308 e. The molecule has 274 valence electrons. The molecule has 0 bridgehead atoms. The highest BCUT2D eigenvalue weighted by atomic mass is 16.6. The standard InChI is InChI=1S/C41H38O12/c1-21-34(17-32(50-24(4)44)19-37(21)52-26(6)46)41-39(29-10-14-31(15-11-29)49-23(3)43)35(16-28-8-12-30(13-9-28)48-22(2)42)36-18-33(51-25(5)45)20-38(40(36)41)53-27(7)47/h8-15,17-21,34,41H,16H2,1-7H3/t21?,34?,41-/m1/s1. The highest BCUT2D eigenvalue weighted by molar-refractivity contribution is 6.02. The number of allylic oxidation sites excluding steroid dienone is 5. The van der Waals surface area contributed by atoms with Crippen molar-refractivity contribution in [3.63, 3.8) is 0 Å². The van der Waals surface area contributed by atoms with E-state index >= 15 is 0 Å². The van der Waals surface area contributed by atoms with Crippen LogP contribution in [0.4, 0.5) is 0 Å². The number of carbonyl (C=O) groups is 6. The van der Waals surface area contributed by atoms with Crippen LogP contribution >= 0.6 is 0 Å². The van der Waals surface area contributed by atoms with Gasteiger partial charge < -0.3 is 28.4 Å². The van der Waals surface area contributed by atoms with Crippen LogP contribution in [0.2, 0.25) is 0 Å². The van der Waals surface area contributed by atoms with Crippen LogP contribution in [0.5, 0.6) is 23.0 Å². The lowest BCUT2D eigenvalue weighted by molar-refractivity contribution is -0.138. The normalized spacial score (nSPS) is 17.5. The lowest BCUT2D eigenvalue weighted by Crippen LogP contribution is -2.26. The molecule has 0 fully saturated rings. The number of esters is 6. The topological polar surface area (TPSA) is 158 Å². The Kier molecular flexibility index (Phi) is 11.4. The van der Waals surface area contributed by atoms with Gasteiger partial charge in [0.1, 0.15) is 34.5 Å². The Morgan fingerprint density at radius 1 is 0.585 bits per heavy atom. The summed E-state index contributed by atoms with van der Waals surface area (Å²) in [5, 5.41) is 0. The van der Waals surface area contributed by atoms with Crippen molar-refractivity contribution in [3.8, 4) is 23.0 Å². The second-order valence-electron chi connectivity index (χ2n) is 12.6. The summed E-state index contributed by atoms with van der Waals surface area (Å²) < 4.78 is 33.2. The van der Waals surface area contributed by atoms with Crippen molar-refractivity contribution in [3.05, 3.63) is 107 Å². The molecule has 0 radical (unpaired) electrons. The van der Waals surface area contributed by atoms with Crippen LogP contribution in [-0.4, -0.2) is 35.8 Å². The average molecular weight is 723 g/mol. The summed E-state index contributed by atoms with van der Waals surface area (Å²) in [5.41, 5.74) is 4.20. The predicted molar refractivity (Wildman–Crippen MR) is 190 cm³/mol. The van der Waals surface area contributed by atoms with Crippen molar-refractivity contribution in [2.45, 2.75) is 60.8 Å². The lowest BCUT2D eigenvalue weighted by atomic mass is 9.72. The van der Waals surface area contributed by atoms with Gasteiger partial charge in [0.05, 0.1) is 0 Å². The molecule has 0 saturated heterocycles. The van der Waals surface area contributed by atoms with Crippen LogP contribution in [0.3, 0.4) is 0 Å². The Hall–Kier alpha value is -6.30. The van der Waals surface area contributed by atoms with Crippen molar-refractivity contribution < 1.29 is 57.2 Å². The molecule has 0 aromatic heterocycles. The molecule has 3 aromatic rings. The van der Waals surface area contributed by atoms with Gasteiger partial charge in [0.2, 0.25) is 0 Å². The van der Waals surface area contributed by atoms with E-state index < -0.39 is 53.6 Å². The monoisotopic (exact) mass is 722 g/mol. The fraction of sp³-hybridized carbons (Fsp3) is 0.268. The van der Waals surface area contributed by atoms with E-state index in [0.29, 0.717) is 34.6 Å². The maximum atomic E-state index is 12.6. The highest BCUT2D eigenvalue weighted by Gasteiger charge is 2.44. The number of ether oxygens (including phenoxy) is 6. The van der Waals surface area contributed by atoms with E-state index in [0.717, 1.165) is 16.7 Å². The average Bonchev–Trinajstić information content (AvgIpc) is 3.35. The van der Waals surface area contributed by atoms with Crippen molar-refractivity contribution in [2.24, 2.45) is 11.8 Å². The molecular weight excluding hydrogens is 684 g/mol. The number of fused-ring (bicyclic) bond motifs is 1. The van der Waals surface area contributed by atoms with Crippen molar-refractivity contribution in [2.75, 3.05) is 0 Å². The van der Waals surface area contributed by atoms with Crippen LogP contribution in [0.15, 0.2) is 84.3 Å². The van der Waals surface area contributed by atoms with Gasteiger partial charge in [-0.2, -0.15) is 0 Å². The Morgan fingerprint density at radius 2 is 1.09 bits per heavy atom. The van der Waals surface area contributed by atoms with Crippen LogP contribution in [-0.2, 0) is 44.7 Å². The quantitative estimate of drug-likeness (QED) is 0.159. The zero-order valence-corrected chi connectivity index (χ0v) is 30.3. The Labute approximate surface area is 306 Å². The Balaban J connectivity index is 1.83. The third-order valence-corrected chi connectivity index (χ3v) is 8.47. The molecule has 0 aliphatic heterocycles. The third-order valence-electron chi connectivity index (χ3n) is 8.47. The molecule has 0 spiro atoms. The minimum absolute atomic E-state index is 0.128. The molecule has 0 saturated carbocycles. The summed E-state index contributed by atoms with van der Waals surface area (Å²) in [6.07, 6.45) is 3.57. The number of carbonyl (C=O) groups excluding carboxylic acids is 6. The fourth-order valence-corrected chi connectivity index (χ4v) is 6.70. The molecule has 2 aliphatic carbocycles. The van der Waals surface area contributed by atoms with E-state index in [1.165, 1.54) is 53.7 Å². The minimum atomic E-state index is -0.652. The van der Waals surface area contributed by atoms with Gasteiger partial charge in [-0.25, -0.2) is 0 Å². The van der Waals surface area contributed by atoms with E-state index in [1.54, 1.807) is 48.5 Å². The van der Waals surface area contributed by atoms with Gasteiger partial charge in [0, 0.05) is 77.0 Å². The van der Waals surface area contributed by atoms with E-state index in [1.807, 2.05) is 19.1 Å².